The summed E-state index contributed by atoms with van der Waals surface area (Å²) >= 11 is 0. The van der Waals surface area contributed by atoms with E-state index in [1.54, 1.807) is 6.92 Å². The van der Waals surface area contributed by atoms with Crippen LogP contribution in [0, 0.1) is 23.7 Å². The van der Waals surface area contributed by atoms with Crippen molar-refractivity contribution in [3.63, 3.8) is 0 Å². The minimum absolute atomic E-state index is 0.0123. The zero-order valence-corrected chi connectivity index (χ0v) is 17.5. The van der Waals surface area contributed by atoms with Crippen molar-refractivity contribution in [2.24, 2.45) is 23.7 Å². The molecule has 1 heterocycles. The highest BCUT2D eigenvalue weighted by Gasteiger charge is 2.52. The monoisotopic (exact) mass is 386 g/mol. The maximum absolute atomic E-state index is 12.3. The summed E-state index contributed by atoms with van der Waals surface area (Å²) in [5, 5.41) is 19.7. The highest BCUT2D eigenvalue weighted by Crippen LogP contribution is 2.50. The molecule has 1 saturated carbocycles. The number of ether oxygens (including phenoxy) is 3. The number of carbonyl (C=O) groups excluding carboxylic acids is 1. The smallest absolute Gasteiger partial charge is 0.309 e. The number of hydrogen-bond acceptors (Lipinski definition) is 6. The van der Waals surface area contributed by atoms with Crippen LogP contribution in [0.4, 0.5) is 0 Å². The molecule has 2 rings (SSSR count). The number of esters is 1. The third kappa shape index (κ3) is 6.14. The van der Waals surface area contributed by atoms with Crippen molar-refractivity contribution in [2.75, 3.05) is 6.61 Å². The van der Waals surface area contributed by atoms with E-state index in [1.807, 2.05) is 6.92 Å². The summed E-state index contributed by atoms with van der Waals surface area (Å²) in [5.74, 6) is 1.12. The third-order valence-electron chi connectivity index (χ3n) is 6.41. The van der Waals surface area contributed by atoms with E-state index in [0.717, 1.165) is 25.7 Å². The quantitative estimate of drug-likeness (QED) is 0.562. The van der Waals surface area contributed by atoms with Crippen LogP contribution in [0.25, 0.3) is 0 Å². The Kier molecular flexibility index (Phi) is 8.53. The average molecular weight is 387 g/mol. The molecule has 8 atom stereocenters. The molecule has 6 nitrogen and oxygen atoms in total. The van der Waals surface area contributed by atoms with Gasteiger partial charge >= 0.3 is 5.97 Å². The Hall–Kier alpha value is -0.690. The molecule has 0 aromatic rings. The van der Waals surface area contributed by atoms with E-state index in [4.69, 9.17) is 14.2 Å². The highest BCUT2D eigenvalue weighted by atomic mass is 16.7. The predicted molar refractivity (Wildman–Crippen MR) is 102 cm³/mol. The molecule has 1 aliphatic carbocycles. The van der Waals surface area contributed by atoms with Gasteiger partial charge in [0.25, 0.3) is 0 Å². The van der Waals surface area contributed by atoms with Crippen LogP contribution in [-0.2, 0) is 19.0 Å². The predicted octanol–water partition coefficient (Wildman–Crippen LogP) is 2.89. The molecular formula is C21H38O6. The van der Waals surface area contributed by atoms with Crippen LogP contribution in [0.1, 0.15) is 66.7 Å². The van der Waals surface area contributed by atoms with Gasteiger partial charge in [0.05, 0.1) is 30.8 Å². The van der Waals surface area contributed by atoms with Gasteiger partial charge in [-0.3, -0.25) is 4.79 Å². The molecule has 6 heteroatoms. The molecule has 0 spiro atoms. The summed E-state index contributed by atoms with van der Waals surface area (Å²) in [7, 11) is 0. The molecule has 1 aliphatic heterocycles. The minimum Gasteiger partial charge on any atom is -0.465 e. The Labute approximate surface area is 163 Å². The van der Waals surface area contributed by atoms with Crippen LogP contribution in [0.15, 0.2) is 0 Å². The van der Waals surface area contributed by atoms with Crippen molar-refractivity contribution in [1.29, 1.82) is 0 Å². The largest absolute Gasteiger partial charge is 0.465 e. The lowest BCUT2D eigenvalue weighted by molar-refractivity contribution is -0.273. The van der Waals surface area contributed by atoms with E-state index >= 15 is 0 Å². The molecule has 0 amide bonds. The molecular weight excluding hydrogens is 348 g/mol. The van der Waals surface area contributed by atoms with E-state index in [9.17, 15) is 15.0 Å². The Balaban J connectivity index is 1.69. The van der Waals surface area contributed by atoms with Gasteiger partial charge in [0.15, 0.2) is 6.29 Å². The van der Waals surface area contributed by atoms with E-state index in [0.29, 0.717) is 24.4 Å². The van der Waals surface area contributed by atoms with E-state index in [1.165, 1.54) is 0 Å². The van der Waals surface area contributed by atoms with Gasteiger partial charge < -0.3 is 24.4 Å². The molecule has 0 radical (unpaired) electrons. The van der Waals surface area contributed by atoms with Gasteiger partial charge in [-0.1, -0.05) is 33.6 Å². The fourth-order valence-electron chi connectivity index (χ4n) is 3.99. The normalized spacial score (nSPS) is 37.3. The SMILES string of the molecule is CCC(CC)COC(=O)[C@@H]1[C@H](C)[C@H]1CC[C@@H](C)O[C@@H]1O[C@@H](C)[C@H](O)C[C@H]1O. The summed E-state index contributed by atoms with van der Waals surface area (Å²) in [6, 6.07) is 0. The molecule has 2 N–H and O–H groups in total. The first kappa shape index (κ1) is 22.6. The third-order valence-corrected chi connectivity index (χ3v) is 6.41. The van der Waals surface area contributed by atoms with Crippen molar-refractivity contribution in [2.45, 2.75) is 97.4 Å². The van der Waals surface area contributed by atoms with Crippen molar-refractivity contribution < 1.29 is 29.2 Å². The molecule has 2 aliphatic rings. The Morgan fingerprint density at radius 3 is 2.48 bits per heavy atom. The summed E-state index contributed by atoms with van der Waals surface area (Å²) in [4.78, 5) is 12.3. The van der Waals surface area contributed by atoms with Crippen LogP contribution in [0.3, 0.4) is 0 Å². The second-order valence-electron chi connectivity index (χ2n) is 8.47. The van der Waals surface area contributed by atoms with Crippen LogP contribution < -0.4 is 0 Å². The average Bonchev–Trinajstić information content (AvgIpc) is 3.28. The van der Waals surface area contributed by atoms with E-state index in [2.05, 4.69) is 20.8 Å². The van der Waals surface area contributed by atoms with Crippen molar-refractivity contribution in [1.82, 2.24) is 0 Å². The van der Waals surface area contributed by atoms with Gasteiger partial charge in [0.2, 0.25) is 0 Å². The molecule has 0 aromatic carbocycles. The number of aliphatic hydroxyl groups is 2. The second-order valence-corrected chi connectivity index (χ2v) is 8.47. The van der Waals surface area contributed by atoms with Crippen LogP contribution in [0.2, 0.25) is 0 Å². The van der Waals surface area contributed by atoms with Crippen molar-refractivity contribution in [3.8, 4) is 0 Å². The van der Waals surface area contributed by atoms with Gasteiger partial charge in [0, 0.05) is 6.42 Å². The Bertz CT molecular complexity index is 466. The van der Waals surface area contributed by atoms with Gasteiger partial charge in [-0.2, -0.15) is 0 Å². The zero-order chi connectivity index (χ0) is 20.1. The molecule has 158 valence electrons. The van der Waals surface area contributed by atoms with Gasteiger partial charge in [-0.25, -0.2) is 0 Å². The Morgan fingerprint density at radius 2 is 1.85 bits per heavy atom. The van der Waals surface area contributed by atoms with Crippen molar-refractivity contribution in [3.05, 3.63) is 0 Å². The minimum atomic E-state index is -0.814. The number of rotatable bonds is 10. The zero-order valence-electron chi connectivity index (χ0n) is 17.5. The highest BCUT2D eigenvalue weighted by molar-refractivity contribution is 5.76. The maximum atomic E-state index is 12.3. The summed E-state index contributed by atoms with van der Waals surface area (Å²) < 4.78 is 16.9. The van der Waals surface area contributed by atoms with Gasteiger partial charge in [-0.15, -0.1) is 0 Å². The molecule has 27 heavy (non-hydrogen) atoms. The van der Waals surface area contributed by atoms with Crippen molar-refractivity contribution >= 4 is 5.97 Å². The summed E-state index contributed by atoms with van der Waals surface area (Å²) in [5.41, 5.74) is 0. The first-order valence-electron chi connectivity index (χ1n) is 10.6. The maximum Gasteiger partial charge on any atom is 0.309 e. The molecule has 2 fully saturated rings. The lowest BCUT2D eigenvalue weighted by atomic mass is 10.0. The number of aliphatic hydroxyl groups excluding tert-OH is 2. The second kappa shape index (κ2) is 10.2. The molecule has 0 aromatic heterocycles. The molecule has 1 saturated heterocycles. The first-order chi connectivity index (χ1) is 12.8. The number of carbonyl (C=O) groups is 1. The first-order valence-corrected chi connectivity index (χ1v) is 10.6. The fraction of sp³-hybridized carbons (Fsp3) is 0.952. The fourth-order valence-corrected chi connectivity index (χ4v) is 3.99. The standard InChI is InChI=1S/C21H38O6/c1-6-15(7-2)11-25-20(24)19-13(4)16(19)9-8-12(3)26-21-18(23)10-17(22)14(5)27-21/h12-19,21-23H,6-11H2,1-5H3/t12-,13-,14+,16-,17-,18-,19-,21-/m1/s1. The topological polar surface area (TPSA) is 85.2 Å². The van der Waals surface area contributed by atoms with E-state index < -0.39 is 18.5 Å². The van der Waals surface area contributed by atoms with Gasteiger partial charge in [-0.05, 0) is 44.4 Å². The molecule has 0 bridgehead atoms. The van der Waals surface area contributed by atoms with E-state index in [-0.39, 0.29) is 30.5 Å². The van der Waals surface area contributed by atoms with Gasteiger partial charge in [0.1, 0.15) is 6.10 Å². The van der Waals surface area contributed by atoms with Crippen LogP contribution in [0.5, 0.6) is 0 Å². The lowest BCUT2D eigenvalue weighted by Gasteiger charge is -2.36. The summed E-state index contributed by atoms with van der Waals surface area (Å²) in [6.45, 7) is 10.6. The Morgan fingerprint density at radius 1 is 1.19 bits per heavy atom. The number of hydrogen-bond donors (Lipinski definition) is 2. The molecule has 0 unspecified atom stereocenters. The van der Waals surface area contributed by atoms with Crippen LogP contribution >= 0.6 is 0 Å². The van der Waals surface area contributed by atoms with Crippen LogP contribution in [-0.4, -0.2) is 53.5 Å². The lowest BCUT2D eigenvalue weighted by Crippen LogP contribution is -2.48. The summed E-state index contributed by atoms with van der Waals surface area (Å²) in [6.07, 6.45) is 1.44.